The van der Waals surface area contributed by atoms with Gasteiger partial charge < -0.3 is 24.4 Å². The molecule has 2 amide bonds. The van der Waals surface area contributed by atoms with Crippen LogP contribution in [0.3, 0.4) is 0 Å². The lowest BCUT2D eigenvalue weighted by molar-refractivity contribution is -0.121. The third-order valence-electron chi connectivity index (χ3n) is 5.13. The van der Waals surface area contributed by atoms with Crippen LogP contribution < -0.4 is 19.5 Å². The van der Waals surface area contributed by atoms with Crippen LogP contribution >= 0.6 is 11.6 Å². The first-order chi connectivity index (χ1) is 14.5. The predicted octanol–water partition coefficient (Wildman–Crippen LogP) is 3.86. The van der Waals surface area contributed by atoms with Crippen molar-refractivity contribution in [2.45, 2.75) is 12.8 Å². The SMILES string of the molecule is COc1ccc(NC(=O)C2CCCN(C(=O)c3ccc(Cl)cc3)C2)c(OC)c1OC. The van der Waals surface area contributed by atoms with E-state index in [0.29, 0.717) is 53.0 Å². The summed E-state index contributed by atoms with van der Waals surface area (Å²) in [6.45, 7) is 0.966. The molecule has 3 rings (SSSR count). The minimum Gasteiger partial charge on any atom is -0.493 e. The number of methoxy groups -OCH3 is 3. The third-order valence-corrected chi connectivity index (χ3v) is 5.38. The average Bonchev–Trinajstić information content (AvgIpc) is 2.78. The number of nitrogens with one attached hydrogen (secondary N) is 1. The van der Waals surface area contributed by atoms with E-state index in [1.165, 1.54) is 21.3 Å². The Kier molecular flexibility index (Phi) is 7.05. The Hall–Kier alpha value is -2.93. The zero-order chi connectivity index (χ0) is 21.7. The maximum atomic E-state index is 12.9. The highest BCUT2D eigenvalue weighted by Gasteiger charge is 2.30. The molecule has 0 radical (unpaired) electrons. The van der Waals surface area contributed by atoms with Crippen molar-refractivity contribution in [3.05, 3.63) is 47.0 Å². The lowest BCUT2D eigenvalue weighted by Gasteiger charge is -2.32. The molecule has 1 fully saturated rings. The number of benzene rings is 2. The van der Waals surface area contributed by atoms with Crippen LogP contribution in [-0.4, -0.2) is 51.1 Å². The van der Waals surface area contributed by atoms with Crippen molar-refractivity contribution in [1.29, 1.82) is 0 Å². The van der Waals surface area contributed by atoms with Crippen LogP contribution in [-0.2, 0) is 4.79 Å². The molecule has 0 bridgehead atoms. The Balaban J connectivity index is 1.73. The van der Waals surface area contributed by atoms with E-state index in [2.05, 4.69) is 5.32 Å². The molecule has 1 N–H and O–H groups in total. The molecule has 7 nitrogen and oxygen atoms in total. The average molecular weight is 433 g/mol. The lowest BCUT2D eigenvalue weighted by Crippen LogP contribution is -2.43. The van der Waals surface area contributed by atoms with Crippen molar-refractivity contribution in [1.82, 2.24) is 4.90 Å². The van der Waals surface area contributed by atoms with Gasteiger partial charge in [0.2, 0.25) is 11.7 Å². The highest BCUT2D eigenvalue weighted by molar-refractivity contribution is 6.30. The van der Waals surface area contributed by atoms with Gasteiger partial charge in [-0.25, -0.2) is 0 Å². The molecule has 1 saturated heterocycles. The van der Waals surface area contributed by atoms with Crippen molar-refractivity contribution in [3.63, 3.8) is 0 Å². The van der Waals surface area contributed by atoms with Crippen molar-refractivity contribution in [2.24, 2.45) is 5.92 Å². The molecule has 0 saturated carbocycles. The molecule has 1 heterocycles. The number of ether oxygens (including phenoxy) is 3. The van der Waals surface area contributed by atoms with Crippen LogP contribution in [0.1, 0.15) is 23.2 Å². The van der Waals surface area contributed by atoms with Crippen molar-refractivity contribution < 1.29 is 23.8 Å². The van der Waals surface area contributed by atoms with Gasteiger partial charge in [-0.1, -0.05) is 11.6 Å². The van der Waals surface area contributed by atoms with Crippen LogP contribution in [0.4, 0.5) is 5.69 Å². The maximum absolute atomic E-state index is 12.9. The molecule has 1 aliphatic rings. The Bertz CT molecular complexity index is 916. The second kappa shape index (κ2) is 9.71. The first-order valence-electron chi connectivity index (χ1n) is 9.63. The number of likely N-dealkylation sites (tertiary alicyclic amines) is 1. The molecular formula is C22H25ClN2O5. The predicted molar refractivity (Wildman–Crippen MR) is 115 cm³/mol. The van der Waals surface area contributed by atoms with Crippen LogP contribution in [0, 0.1) is 5.92 Å². The largest absolute Gasteiger partial charge is 0.493 e. The van der Waals surface area contributed by atoms with Gasteiger partial charge in [-0.15, -0.1) is 0 Å². The number of carbonyl (C=O) groups excluding carboxylic acids is 2. The number of hydrogen-bond donors (Lipinski definition) is 1. The van der Waals surface area contributed by atoms with E-state index in [0.717, 1.165) is 6.42 Å². The Labute approximate surface area is 180 Å². The van der Waals surface area contributed by atoms with Crippen molar-refractivity contribution in [2.75, 3.05) is 39.7 Å². The summed E-state index contributed by atoms with van der Waals surface area (Å²) in [7, 11) is 4.54. The van der Waals surface area contributed by atoms with Gasteiger partial charge >= 0.3 is 0 Å². The highest BCUT2D eigenvalue weighted by atomic mass is 35.5. The van der Waals surface area contributed by atoms with Gasteiger partial charge in [0.15, 0.2) is 11.5 Å². The van der Waals surface area contributed by atoms with Gasteiger partial charge in [0.25, 0.3) is 5.91 Å². The number of piperidine rings is 1. The fourth-order valence-corrected chi connectivity index (χ4v) is 3.71. The normalized spacial score (nSPS) is 16.0. The third kappa shape index (κ3) is 4.62. The van der Waals surface area contributed by atoms with E-state index in [9.17, 15) is 9.59 Å². The fraction of sp³-hybridized carbons (Fsp3) is 0.364. The number of nitrogens with zero attached hydrogens (tertiary/aromatic N) is 1. The summed E-state index contributed by atoms with van der Waals surface area (Å²) in [6.07, 6.45) is 1.45. The Morgan fingerprint density at radius 2 is 1.70 bits per heavy atom. The first kappa shape index (κ1) is 21.8. The van der Waals surface area contributed by atoms with Gasteiger partial charge in [-0.05, 0) is 49.2 Å². The van der Waals surface area contributed by atoms with E-state index in [4.69, 9.17) is 25.8 Å². The summed E-state index contributed by atoms with van der Waals surface area (Å²) in [4.78, 5) is 27.4. The zero-order valence-electron chi connectivity index (χ0n) is 17.2. The summed E-state index contributed by atoms with van der Waals surface area (Å²) in [5.41, 5.74) is 1.04. The molecule has 1 aliphatic heterocycles. The molecule has 2 aromatic carbocycles. The lowest BCUT2D eigenvalue weighted by atomic mass is 9.96. The number of anilines is 1. The summed E-state index contributed by atoms with van der Waals surface area (Å²) < 4.78 is 16.1. The number of halogens is 1. The number of carbonyl (C=O) groups is 2. The van der Waals surface area contributed by atoms with E-state index < -0.39 is 0 Å². The quantitative estimate of drug-likeness (QED) is 0.750. The fourth-order valence-electron chi connectivity index (χ4n) is 3.59. The molecule has 2 aromatic rings. The van der Waals surface area contributed by atoms with Gasteiger partial charge in [-0.3, -0.25) is 9.59 Å². The summed E-state index contributed by atoms with van der Waals surface area (Å²) in [5.74, 6) is 0.690. The van der Waals surface area contributed by atoms with E-state index in [1.807, 2.05) is 0 Å². The van der Waals surface area contributed by atoms with Crippen molar-refractivity contribution in [3.8, 4) is 17.2 Å². The van der Waals surface area contributed by atoms with Crippen LogP contribution in [0.25, 0.3) is 0 Å². The molecule has 8 heteroatoms. The second-order valence-electron chi connectivity index (χ2n) is 6.97. The van der Waals surface area contributed by atoms with Crippen LogP contribution in [0.15, 0.2) is 36.4 Å². The van der Waals surface area contributed by atoms with Gasteiger partial charge in [-0.2, -0.15) is 0 Å². The number of amides is 2. The molecule has 0 aliphatic carbocycles. The smallest absolute Gasteiger partial charge is 0.253 e. The molecular weight excluding hydrogens is 408 g/mol. The molecule has 0 spiro atoms. The van der Waals surface area contributed by atoms with E-state index >= 15 is 0 Å². The molecule has 1 atom stereocenters. The second-order valence-corrected chi connectivity index (χ2v) is 7.40. The zero-order valence-corrected chi connectivity index (χ0v) is 18.0. The highest BCUT2D eigenvalue weighted by Crippen LogP contribution is 2.42. The molecule has 160 valence electrons. The molecule has 30 heavy (non-hydrogen) atoms. The van der Waals surface area contributed by atoms with E-state index in [1.54, 1.807) is 41.3 Å². The standard InChI is InChI=1S/C22H25ClN2O5/c1-28-18-11-10-17(19(29-2)20(18)30-3)24-21(26)15-5-4-12-25(13-15)22(27)14-6-8-16(23)9-7-14/h6-11,15H,4-5,12-13H2,1-3H3,(H,24,26). The minimum absolute atomic E-state index is 0.104. The first-order valence-corrected chi connectivity index (χ1v) is 10.0. The monoisotopic (exact) mass is 432 g/mol. The summed E-state index contributed by atoms with van der Waals surface area (Å²) in [6, 6.07) is 10.2. The Morgan fingerprint density at radius 1 is 1.00 bits per heavy atom. The topological polar surface area (TPSA) is 77.1 Å². The van der Waals surface area contributed by atoms with Gasteiger partial charge in [0.05, 0.1) is 32.9 Å². The van der Waals surface area contributed by atoms with Gasteiger partial charge in [0.1, 0.15) is 0 Å². The number of rotatable bonds is 6. The van der Waals surface area contributed by atoms with Crippen LogP contribution in [0.5, 0.6) is 17.2 Å². The Morgan fingerprint density at radius 3 is 2.33 bits per heavy atom. The van der Waals surface area contributed by atoms with Crippen molar-refractivity contribution >= 4 is 29.1 Å². The summed E-state index contributed by atoms with van der Waals surface area (Å²) in [5, 5.41) is 3.48. The molecule has 0 aromatic heterocycles. The van der Waals surface area contributed by atoms with Gasteiger partial charge in [0, 0.05) is 23.7 Å². The minimum atomic E-state index is -0.326. The number of hydrogen-bond acceptors (Lipinski definition) is 5. The maximum Gasteiger partial charge on any atom is 0.253 e. The molecule has 1 unspecified atom stereocenters. The van der Waals surface area contributed by atoms with E-state index in [-0.39, 0.29) is 17.7 Å². The van der Waals surface area contributed by atoms with Crippen LogP contribution in [0.2, 0.25) is 5.02 Å². The summed E-state index contributed by atoms with van der Waals surface area (Å²) >= 11 is 5.90.